The highest BCUT2D eigenvalue weighted by Crippen LogP contribution is 2.36. The van der Waals surface area contributed by atoms with Crippen LogP contribution in [0, 0.1) is 0 Å². The van der Waals surface area contributed by atoms with E-state index >= 15 is 0 Å². The maximum atomic E-state index is 10.9. The zero-order valence-electron chi connectivity index (χ0n) is 13.3. The van der Waals surface area contributed by atoms with Gasteiger partial charge < -0.3 is 25.3 Å². The number of nitrogens with two attached hydrogens (primary N) is 2. The Labute approximate surface area is 144 Å². The third kappa shape index (κ3) is 5.67. The van der Waals surface area contributed by atoms with Crippen molar-refractivity contribution in [1.29, 1.82) is 0 Å². The van der Waals surface area contributed by atoms with Gasteiger partial charge in [-0.15, -0.1) is 0 Å². The Kier molecular flexibility index (Phi) is 7.14. The Morgan fingerprint density at radius 3 is 2.96 bits per heavy atom. The number of amides is 1. The molecule has 1 saturated heterocycles. The van der Waals surface area contributed by atoms with Crippen LogP contribution in [0.4, 0.5) is 0 Å². The Bertz CT molecular complexity index is 533. The molecule has 0 aromatic heterocycles. The Hall–Kier alpha value is -1.31. The maximum absolute atomic E-state index is 10.9. The van der Waals surface area contributed by atoms with Crippen LogP contribution < -0.4 is 20.5 Å². The summed E-state index contributed by atoms with van der Waals surface area (Å²) in [6, 6.07) is 3.92. The van der Waals surface area contributed by atoms with Gasteiger partial charge in [-0.1, -0.05) is 0 Å². The molecule has 1 amide bonds. The van der Waals surface area contributed by atoms with Crippen LogP contribution in [0.3, 0.4) is 0 Å². The first-order valence-corrected chi connectivity index (χ1v) is 8.69. The van der Waals surface area contributed by atoms with Crippen molar-refractivity contribution in [3.05, 3.63) is 22.2 Å². The second kappa shape index (κ2) is 9.10. The molecule has 1 fully saturated rings. The van der Waals surface area contributed by atoms with Gasteiger partial charge >= 0.3 is 0 Å². The van der Waals surface area contributed by atoms with Crippen LogP contribution in [0.15, 0.2) is 16.6 Å². The van der Waals surface area contributed by atoms with E-state index in [1.165, 1.54) is 0 Å². The number of ether oxygens (including phenoxy) is 3. The lowest BCUT2D eigenvalue weighted by molar-refractivity contribution is -0.676. The first-order valence-electron chi connectivity index (χ1n) is 7.89. The highest BCUT2D eigenvalue weighted by molar-refractivity contribution is 9.10. The minimum atomic E-state index is -0.520. The molecule has 0 saturated carbocycles. The summed E-state index contributed by atoms with van der Waals surface area (Å²) < 4.78 is 17.4. The second-order valence-corrected chi connectivity index (χ2v) is 6.31. The van der Waals surface area contributed by atoms with Crippen molar-refractivity contribution in [2.75, 3.05) is 26.4 Å². The maximum Gasteiger partial charge on any atom is 0.255 e. The summed E-state index contributed by atoms with van der Waals surface area (Å²) in [6.45, 7) is 4.91. The predicted molar refractivity (Wildman–Crippen MR) is 89.5 cm³/mol. The van der Waals surface area contributed by atoms with Gasteiger partial charge in [0.05, 0.1) is 11.1 Å². The highest BCUT2D eigenvalue weighted by atomic mass is 79.9. The van der Waals surface area contributed by atoms with E-state index in [1.807, 2.05) is 19.1 Å². The molecule has 0 bridgehead atoms. The summed E-state index contributed by atoms with van der Waals surface area (Å²) in [4.78, 5) is 10.9. The van der Waals surface area contributed by atoms with Crippen LogP contribution in [-0.4, -0.2) is 38.4 Å². The molecule has 128 valence electrons. The van der Waals surface area contributed by atoms with Crippen LogP contribution in [0.25, 0.3) is 0 Å². The molecule has 1 heterocycles. The van der Waals surface area contributed by atoms with E-state index in [4.69, 9.17) is 19.9 Å². The van der Waals surface area contributed by atoms with E-state index in [-0.39, 0.29) is 6.61 Å². The van der Waals surface area contributed by atoms with Crippen LogP contribution in [0.5, 0.6) is 11.5 Å². The molecule has 1 aromatic carbocycles. The van der Waals surface area contributed by atoms with Gasteiger partial charge in [0.2, 0.25) is 0 Å². The molecule has 1 atom stereocenters. The molecule has 0 spiro atoms. The summed E-state index contributed by atoms with van der Waals surface area (Å²) >= 11 is 3.48. The van der Waals surface area contributed by atoms with E-state index in [0.29, 0.717) is 24.2 Å². The fraction of sp³-hybridized carbons (Fsp3) is 0.562. The number of carbonyl (C=O) groups excluding carboxylic acids is 1. The average molecular weight is 388 g/mol. The second-order valence-electron chi connectivity index (χ2n) is 5.46. The van der Waals surface area contributed by atoms with Crippen molar-refractivity contribution in [2.24, 2.45) is 5.73 Å². The van der Waals surface area contributed by atoms with Crippen molar-refractivity contribution in [1.82, 2.24) is 0 Å². The van der Waals surface area contributed by atoms with Crippen molar-refractivity contribution in [3.8, 4) is 11.5 Å². The van der Waals surface area contributed by atoms with Gasteiger partial charge in [-0.05, 0) is 47.8 Å². The highest BCUT2D eigenvalue weighted by Gasteiger charge is 2.18. The van der Waals surface area contributed by atoms with Crippen molar-refractivity contribution >= 4 is 21.8 Å². The predicted octanol–water partition coefficient (Wildman–Crippen LogP) is 0.954. The van der Waals surface area contributed by atoms with Crippen LogP contribution in [-0.2, 0) is 16.1 Å². The van der Waals surface area contributed by atoms with Gasteiger partial charge in [0.25, 0.3) is 5.91 Å². The molecular formula is C16H24BrN2O4+. The lowest BCUT2D eigenvalue weighted by Crippen LogP contribution is -2.84. The van der Waals surface area contributed by atoms with Crippen LogP contribution in [0.1, 0.15) is 25.3 Å². The molecule has 1 aromatic rings. The monoisotopic (exact) mass is 387 g/mol. The first-order chi connectivity index (χ1) is 11.1. The number of quaternary nitrogens is 1. The minimum Gasteiger partial charge on any atom is -0.490 e. The molecule has 0 unspecified atom stereocenters. The van der Waals surface area contributed by atoms with E-state index in [0.717, 1.165) is 42.6 Å². The molecule has 1 aliphatic rings. The number of hydrogen-bond donors (Lipinski definition) is 2. The lowest BCUT2D eigenvalue weighted by atomic mass is 10.2. The molecule has 7 heteroatoms. The number of hydrogen-bond acceptors (Lipinski definition) is 4. The molecule has 23 heavy (non-hydrogen) atoms. The number of carbonyl (C=O) groups is 1. The standard InChI is InChI=1S/C16H23BrN2O4/c1-2-21-14-7-11(8-19-9-12-4-3-5-22-12)6-13(17)16(14)23-10-15(18)20/h6-7,12,19H,2-5,8-10H2,1H3,(H2,18,20)/p+1/t12-/m0/s1. The number of primary amides is 1. The molecule has 0 aliphatic carbocycles. The van der Waals surface area contributed by atoms with E-state index in [1.54, 1.807) is 0 Å². The smallest absolute Gasteiger partial charge is 0.255 e. The zero-order chi connectivity index (χ0) is 16.7. The quantitative estimate of drug-likeness (QED) is 0.660. The van der Waals surface area contributed by atoms with Crippen molar-refractivity contribution in [3.63, 3.8) is 0 Å². The fourth-order valence-electron chi connectivity index (χ4n) is 2.55. The molecule has 1 aliphatic heterocycles. The third-order valence-corrected chi connectivity index (χ3v) is 4.15. The van der Waals surface area contributed by atoms with Gasteiger partial charge in [-0.2, -0.15) is 0 Å². The van der Waals surface area contributed by atoms with E-state index < -0.39 is 5.91 Å². The minimum absolute atomic E-state index is 0.177. The SMILES string of the molecule is CCOc1cc(C[NH2+]C[C@@H]2CCCO2)cc(Br)c1OCC(N)=O. The topological polar surface area (TPSA) is 87.4 Å². The molecular weight excluding hydrogens is 364 g/mol. The zero-order valence-corrected chi connectivity index (χ0v) is 14.9. The van der Waals surface area contributed by atoms with Gasteiger partial charge in [-0.25, -0.2) is 0 Å². The van der Waals surface area contributed by atoms with Gasteiger partial charge in [0.15, 0.2) is 18.1 Å². The fourth-order valence-corrected chi connectivity index (χ4v) is 3.16. The van der Waals surface area contributed by atoms with E-state index in [2.05, 4.69) is 21.2 Å². The van der Waals surface area contributed by atoms with E-state index in [9.17, 15) is 4.79 Å². The summed E-state index contributed by atoms with van der Waals surface area (Å²) in [5.41, 5.74) is 6.25. The number of benzene rings is 1. The summed E-state index contributed by atoms with van der Waals surface area (Å²) in [6.07, 6.45) is 2.66. The van der Waals surface area contributed by atoms with Crippen LogP contribution in [0.2, 0.25) is 0 Å². The van der Waals surface area contributed by atoms with Crippen molar-refractivity contribution < 1.29 is 24.3 Å². The van der Waals surface area contributed by atoms with Gasteiger partial charge in [0.1, 0.15) is 19.2 Å². The molecule has 4 N–H and O–H groups in total. The van der Waals surface area contributed by atoms with Gasteiger partial charge in [-0.3, -0.25) is 4.79 Å². The molecule has 6 nitrogen and oxygen atoms in total. The number of rotatable bonds is 9. The average Bonchev–Trinajstić information content (AvgIpc) is 3.00. The van der Waals surface area contributed by atoms with Crippen LogP contribution >= 0.6 is 15.9 Å². The molecule has 2 rings (SSSR count). The largest absolute Gasteiger partial charge is 0.490 e. The summed E-state index contributed by atoms with van der Waals surface area (Å²) in [5.74, 6) is 0.602. The van der Waals surface area contributed by atoms with Crippen molar-refractivity contribution in [2.45, 2.75) is 32.4 Å². The third-order valence-electron chi connectivity index (χ3n) is 3.56. The Balaban J connectivity index is 2.00. The lowest BCUT2D eigenvalue weighted by Gasteiger charge is -2.15. The summed E-state index contributed by atoms with van der Waals surface area (Å²) in [7, 11) is 0. The van der Waals surface area contributed by atoms with Gasteiger partial charge in [0, 0.05) is 12.2 Å². The Morgan fingerprint density at radius 2 is 2.30 bits per heavy atom. The number of halogens is 1. The summed E-state index contributed by atoms with van der Waals surface area (Å²) in [5, 5.41) is 2.23. The Morgan fingerprint density at radius 1 is 1.48 bits per heavy atom. The first kappa shape index (κ1) is 18.0. The normalized spacial score (nSPS) is 17.2. The molecule has 0 radical (unpaired) electrons.